The molecule has 0 amide bonds. The van der Waals surface area contributed by atoms with Crippen molar-refractivity contribution < 1.29 is 9.13 Å². The molecule has 0 saturated heterocycles. The lowest BCUT2D eigenvalue weighted by molar-refractivity contribution is 0.402. The number of ether oxygens (including phenoxy) is 1. The molecular weight excluding hydrogens is 181 g/mol. The van der Waals surface area contributed by atoms with Crippen LogP contribution in [-0.2, 0) is 0 Å². The van der Waals surface area contributed by atoms with Crippen LogP contribution in [0, 0.1) is 5.82 Å². The van der Waals surface area contributed by atoms with Gasteiger partial charge in [0.1, 0.15) is 11.6 Å². The first-order valence-electron chi connectivity index (χ1n) is 4.39. The molecule has 1 aromatic rings. The van der Waals surface area contributed by atoms with Gasteiger partial charge in [-0.05, 0) is 12.5 Å². The minimum Gasteiger partial charge on any atom is -0.496 e. The fraction of sp³-hybridized carbons (Fsp3) is 0.273. The van der Waals surface area contributed by atoms with Crippen LogP contribution in [0.5, 0.6) is 5.75 Å². The highest BCUT2D eigenvalue weighted by Crippen LogP contribution is 2.26. The molecule has 0 aliphatic rings. The highest BCUT2D eigenvalue weighted by atomic mass is 19.1. The quantitative estimate of drug-likeness (QED) is 0.749. The topological polar surface area (TPSA) is 35.2 Å². The highest BCUT2D eigenvalue weighted by molar-refractivity contribution is 5.36. The number of nitrogens with two attached hydrogens (primary N) is 1. The summed E-state index contributed by atoms with van der Waals surface area (Å²) >= 11 is 0. The lowest BCUT2D eigenvalue weighted by atomic mass is 10.0. The predicted octanol–water partition coefficient (Wildman–Crippen LogP) is 2.41. The number of hydrogen-bond acceptors (Lipinski definition) is 2. The van der Waals surface area contributed by atoms with E-state index in [0.717, 1.165) is 5.56 Å². The van der Waals surface area contributed by atoms with E-state index in [1.54, 1.807) is 12.1 Å². The zero-order chi connectivity index (χ0) is 10.6. The number of halogens is 1. The molecule has 2 N–H and O–H groups in total. The summed E-state index contributed by atoms with van der Waals surface area (Å²) in [7, 11) is 1.50. The van der Waals surface area contributed by atoms with Crippen LogP contribution in [-0.4, -0.2) is 7.11 Å². The predicted molar refractivity (Wildman–Crippen MR) is 54.7 cm³/mol. The minimum atomic E-state index is -0.323. The second-order valence-corrected chi connectivity index (χ2v) is 3.02. The van der Waals surface area contributed by atoms with Crippen molar-refractivity contribution in [3.05, 3.63) is 42.2 Å². The van der Waals surface area contributed by atoms with Crippen molar-refractivity contribution in [2.45, 2.75) is 12.5 Å². The minimum absolute atomic E-state index is 0.192. The van der Waals surface area contributed by atoms with Crippen molar-refractivity contribution >= 4 is 0 Å². The molecule has 1 rings (SSSR count). The van der Waals surface area contributed by atoms with E-state index in [1.165, 1.54) is 19.2 Å². The van der Waals surface area contributed by atoms with Crippen molar-refractivity contribution in [3.8, 4) is 5.75 Å². The Morgan fingerprint density at radius 2 is 2.36 bits per heavy atom. The van der Waals surface area contributed by atoms with E-state index in [4.69, 9.17) is 10.5 Å². The van der Waals surface area contributed by atoms with Crippen molar-refractivity contribution in [1.82, 2.24) is 0 Å². The third kappa shape index (κ3) is 2.33. The summed E-state index contributed by atoms with van der Waals surface area (Å²) in [5.74, 6) is 0.163. The summed E-state index contributed by atoms with van der Waals surface area (Å²) in [6.07, 6.45) is 2.37. The average Bonchev–Trinajstić information content (AvgIpc) is 2.17. The molecule has 0 radical (unpaired) electrons. The van der Waals surface area contributed by atoms with Crippen molar-refractivity contribution in [2.24, 2.45) is 5.73 Å². The standard InChI is InChI=1S/C11H14FNO/c1-3-4-10(13)9-6-5-8(12)7-11(9)14-2/h3,5-7,10H,1,4,13H2,2H3/t10-/m0/s1. The molecular formula is C11H14FNO. The molecule has 0 bridgehead atoms. The molecule has 0 unspecified atom stereocenters. The zero-order valence-corrected chi connectivity index (χ0v) is 8.16. The summed E-state index contributed by atoms with van der Waals surface area (Å²) in [6, 6.07) is 4.16. The molecule has 0 fully saturated rings. The fourth-order valence-electron chi connectivity index (χ4n) is 1.30. The lowest BCUT2D eigenvalue weighted by Gasteiger charge is -2.13. The van der Waals surface area contributed by atoms with Gasteiger partial charge in [0.05, 0.1) is 7.11 Å². The van der Waals surface area contributed by atoms with E-state index in [2.05, 4.69) is 6.58 Å². The van der Waals surface area contributed by atoms with E-state index < -0.39 is 0 Å². The second-order valence-electron chi connectivity index (χ2n) is 3.02. The molecule has 1 aromatic carbocycles. The summed E-state index contributed by atoms with van der Waals surface area (Å²) in [4.78, 5) is 0. The fourth-order valence-corrected chi connectivity index (χ4v) is 1.30. The average molecular weight is 195 g/mol. The number of benzene rings is 1. The first-order valence-corrected chi connectivity index (χ1v) is 4.39. The van der Waals surface area contributed by atoms with Crippen LogP contribution in [0.4, 0.5) is 4.39 Å². The Labute approximate surface area is 83.2 Å². The van der Waals surface area contributed by atoms with Gasteiger partial charge in [-0.15, -0.1) is 6.58 Å². The van der Waals surface area contributed by atoms with Gasteiger partial charge >= 0.3 is 0 Å². The molecule has 76 valence electrons. The van der Waals surface area contributed by atoms with E-state index in [-0.39, 0.29) is 11.9 Å². The monoisotopic (exact) mass is 195 g/mol. The third-order valence-corrected chi connectivity index (χ3v) is 2.02. The van der Waals surface area contributed by atoms with Crippen LogP contribution >= 0.6 is 0 Å². The van der Waals surface area contributed by atoms with E-state index >= 15 is 0 Å². The molecule has 0 saturated carbocycles. The maximum Gasteiger partial charge on any atom is 0.126 e. The Hall–Kier alpha value is -1.35. The summed E-state index contributed by atoms with van der Waals surface area (Å²) < 4.78 is 17.9. The van der Waals surface area contributed by atoms with Gasteiger partial charge in [0.2, 0.25) is 0 Å². The van der Waals surface area contributed by atoms with Crippen LogP contribution in [0.15, 0.2) is 30.9 Å². The Bertz CT molecular complexity index is 325. The van der Waals surface area contributed by atoms with E-state index in [9.17, 15) is 4.39 Å². The van der Waals surface area contributed by atoms with E-state index in [1.807, 2.05) is 0 Å². The van der Waals surface area contributed by atoms with Crippen LogP contribution < -0.4 is 10.5 Å². The van der Waals surface area contributed by atoms with Gasteiger partial charge < -0.3 is 10.5 Å². The Kier molecular flexibility index (Phi) is 3.65. The SMILES string of the molecule is C=CC[C@H](N)c1ccc(F)cc1OC. The first-order chi connectivity index (χ1) is 6.69. The molecule has 3 heteroatoms. The van der Waals surface area contributed by atoms with Crippen LogP contribution in [0.2, 0.25) is 0 Å². The van der Waals surface area contributed by atoms with Gasteiger partial charge in [-0.25, -0.2) is 4.39 Å². The summed E-state index contributed by atoms with van der Waals surface area (Å²) in [5, 5.41) is 0. The van der Waals surface area contributed by atoms with Gasteiger partial charge in [0.25, 0.3) is 0 Å². The third-order valence-electron chi connectivity index (χ3n) is 2.02. The van der Waals surface area contributed by atoms with Crippen LogP contribution in [0.25, 0.3) is 0 Å². The molecule has 14 heavy (non-hydrogen) atoms. The van der Waals surface area contributed by atoms with Crippen LogP contribution in [0.1, 0.15) is 18.0 Å². The summed E-state index contributed by atoms with van der Waals surface area (Å²) in [6.45, 7) is 3.60. The Morgan fingerprint density at radius 3 is 2.93 bits per heavy atom. The molecule has 0 aromatic heterocycles. The van der Waals surface area contributed by atoms with Gasteiger partial charge in [0.15, 0.2) is 0 Å². The maximum atomic E-state index is 12.8. The largest absolute Gasteiger partial charge is 0.496 e. The zero-order valence-electron chi connectivity index (χ0n) is 8.16. The smallest absolute Gasteiger partial charge is 0.126 e. The Balaban J connectivity index is 3.00. The number of rotatable bonds is 4. The van der Waals surface area contributed by atoms with Gasteiger partial charge in [-0.2, -0.15) is 0 Å². The van der Waals surface area contributed by atoms with E-state index in [0.29, 0.717) is 12.2 Å². The second kappa shape index (κ2) is 4.77. The molecule has 0 aliphatic carbocycles. The lowest BCUT2D eigenvalue weighted by Crippen LogP contribution is -2.10. The Morgan fingerprint density at radius 1 is 1.64 bits per heavy atom. The highest BCUT2D eigenvalue weighted by Gasteiger charge is 2.10. The normalized spacial score (nSPS) is 12.2. The molecule has 1 atom stereocenters. The first kappa shape index (κ1) is 10.7. The number of methoxy groups -OCH3 is 1. The molecule has 0 spiro atoms. The molecule has 0 aliphatic heterocycles. The number of hydrogen-bond donors (Lipinski definition) is 1. The van der Waals surface area contributed by atoms with Crippen molar-refractivity contribution in [3.63, 3.8) is 0 Å². The van der Waals surface area contributed by atoms with Crippen molar-refractivity contribution in [2.75, 3.05) is 7.11 Å². The van der Waals surface area contributed by atoms with Gasteiger partial charge in [0, 0.05) is 17.7 Å². The summed E-state index contributed by atoms with van der Waals surface area (Å²) in [5.41, 5.74) is 6.66. The van der Waals surface area contributed by atoms with Gasteiger partial charge in [-0.1, -0.05) is 12.1 Å². The van der Waals surface area contributed by atoms with Gasteiger partial charge in [-0.3, -0.25) is 0 Å². The molecule has 2 nitrogen and oxygen atoms in total. The van der Waals surface area contributed by atoms with Crippen LogP contribution in [0.3, 0.4) is 0 Å². The van der Waals surface area contributed by atoms with Crippen molar-refractivity contribution in [1.29, 1.82) is 0 Å². The molecule has 0 heterocycles. The maximum absolute atomic E-state index is 12.8.